The molecule has 126 valence electrons. The third-order valence-electron chi connectivity index (χ3n) is 3.60. The Morgan fingerprint density at radius 1 is 1.17 bits per heavy atom. The highest BCUT2D eigenvalue weighted by Crippen LogP contribution is 2.38. The van der Waals surface area contributed by atoms with Crippen molar-refractivity contribution in [2.75, 3.05) is 7.05 Å². The number of hydrogen-bond donors (Lipinski definition) is 3. The van der Waals surface area contributed by atoms with Gasteiger partial charge in [-0.25, -0.2) is 5.06 Å². The Bertz CT molecular complexity index is 777. The number of nitrogens with zero attached hydrogens (tertiary/aromatic N) is 1. The molecule has 0 aromatic heterocycles. The summed E-state index contributed by atoms with van der Waals surface area (Å²) in [5.74, 6) is -2.44. The number of ketones is 1. The molecule has 0 aliphatic rings. The average Bonchev–Trinajstić information content (AvgIpc) is 2.54. The lowest BCUT2D eigenvalue weighted by Gasteiger charge is -2.29. The van der Waals surface area contributed by atoms with Crippen molar-refractivity contribution in [2.24, 2.45) is 0 Å². The van der Waals surface area contributed by atoms with Crippen molar-refractivity contribution < 1.29 is 25.0 Å². The first kappa shape index (κ1) is 17.9. The van der Waals surface area contributed by atoms with E-state index in [1.165, 1.54) is 24.3 Å². The fourth-order valence-electron chi connectivity index (χ4n) is 2.41. The van der Waals surface area contributed by atoms with Crippen LogP contribution >= 0.6 is 11.6 Å². The van der Waals surface area contributed by atoms with Crippen LogP contribution < -0.4 is 0 Å². The summed E-state index contributed by atoms with van der Waals surface area (Å²) in [6.45, 7) is 0. The molecule has 1 amide bonds. The lowest BCUT2D eigenvalue weighted by Crippen LogP contribution is -2.37. The fourth-order valence-corrected chi connectivity index (χ4v) is 2.60. The number of hydrogen-bond acceptors (Lipinski definition) is 5. The van der Waals surface area contributed by atoms with Crippen LogP contribution in [0.5, 0.6) is 5.75 Å². The first-order valence-corrected chi connectivity index (χ1v) is 7.40. The zero-order valence-electron chi connectivity index (χ0n) is 12.8. The maximum absolute atomic E-state index is 12.1. The summed E-state index contributed by atoms with van der Waals surface area (Å²) in [5, 5.41) is 30.9. The van der Waals surface area contributed by atoms with Gasteiger partial charge in [0.1, 0.15) is 11.4 Å². The van der Waals surface area contributed by atoms with Gasteiger partial charge in [-0.2, -0.15) is 0 Å². The molecular formula is C17H16ClNO5. The van der Waals surface area contributed by atoms with E-state index in [-0.39, 0.29) is 21.9 Å². The number of Topliss-reactive ketones (excluding diaryl/α,β-unsaturated/α-hetero) is 1. The number of aromatic hydroxyl groups is 1. The minimum Gasteiger partial charge on any atom is -0.508 e. The van der Waals surface area contributed by atoms with E-state index in [4.69, 9.17) is 16.8 Å². The molecule has 0 fully saturated rings. The van der Waals surface area contributed by atoms with Crippen molar-refractivity contribution in [2.45, 2.75) is 12.0 Å². The van der Waals surface area contributed by atoms with Gasteiger partial charge in [-0.1, -0.05) is 41.9 Å². The SMILES string of the molecule is CN(O)C(=O)C(=O)CC(O)(c1cccc(Cl)c1)c1ccccc1O. The number of benzene rings is 2. The van der Waals surface area contributed by atoms with Crippen LogP contribution in [0.3, 0.4) is 0 Å². The number of halogens is 1. The Kier molecular flexibility index (Phi) is 5.23. The van der Waals surface area contributed by atoms with Gasteiger partial charge in [0.2, 0.25) is 5.78 Å². The molecule has 0 aliphatic heterocycles. The van der Waals surface area contributed by atoms with Crippen molar-refractivity contribution in [3.05, 3.63) is 64.7 Å². The number of likely N-dealkylation sites (N-methyl/N-ethyl adjacent to an activating group) is 1. The van der Waals surface area contributed by atoms with Crippen LogP contribution in [0.4, 0.5) is 0 Å². The van der Waals surface area contributed by atoms with E-state index in [1.807, 2.05) is 0 Å². The Labute approximate surface area is 143 Å². The summed E-state index contributed by atoms with van der Waals surface area (Å²) < 4.78 is 0. The minimum absolute atomic E-state index is 0.0500. The Morgan fingerprint density at radius 3 is 2.42 bits per heavy atom. The molecule has 2 aromatic rings. The molecule has 0 radical (unpaired) electrons. The number of rotatable bonds is 5. The van der Waals surface area contributed by atoms with E-state index in [0.29, 0.717) is 5.02 Å². The van der Waals surface area contributed by atoms with Crippen LogP contribution in [-0.2, 0) is 15.2 Å². The molecule has 0 heterocycles. The number of phenolic OH excluding ortho intramolecular Hbond substituents is 1. The first-order valence-electron chi connectivity index (χ1n) is 7.02. The van der Waals surface area contributed by atoms with Crippen molar-refractivity contribution in [1.82, 2.24) is 5.06 Å². The quantitative estimate of drug-likeness (QED) is 0.436. The van der Waals surface area contributed by atoms with Gasteiger partial charge in [0, 0.05) is 17.6 Å². The van der Waals surface area contributed by atoms with Gasteiger partial charge >= 0.3 is 5.91 Å². The van der Waals surface area contributed by atoms with Crippen LogP contribution in [-0.4, -0.2) is 39.2 Å². The predicted molar refractivity (Wildman–Crippen MR) is 86.7 cm³/mol. The van der Waals surface area contributed by atoms with Crippen LogP contribution in [0.2, 0.25) is 5.02 Å². The van der Waals surface area contributed by atoms with E-state index in [2.05, 4.69) is 0 Å². The maximum atomic E-state index is 12.1. The summed E-state index contributed by atoms with van der Waals surface area (Å²) in [6, 6.07) is 12.1. The van der Waals surface area contributed by atoms with Crippen LogP contribution in [0.15, 0.2) is 48.5 Å². The molecule has 24 heavy (non-hydrogen) atoms. The lowest BCUT2D eigenvalue weighted by molar-refractivity contribution is -0.166. The molecule has 3 N–H and O–H groups in total. The van der Waals surface area contributed by atoms with E-state index in [1.54, 1.807) is 24.3 Å². The standard InChI is InChI=1S/C17H16ClNO5/c1-19(24)16(22)15(21)10-17(23,11-5-4-6-12(18)9-11)13-7-2-3-8-14(13)20/h2-9,20,23-24H,10H2,1H3. The number of hydroxylamine groups is 2. The Morgan fingerprint density at radius 2 is 1.83 bits per heavy atom. The highest BCUT2D eigenvalue weighted by Gasteiger charge is 2.38. The second-order valence-corrected chi connectivity index (χ2v) is 5.75. The zero-order valence-corrected chi connectivity index (χ0v) is 13.6. The monoisotopic (exact) mass is 349 g/mol. The van der Waals surface area contributed by atoms with Crippen molar-refractivity contribution in [1.29, 1.82) is 0 Å². The van der Waals surface area contributed by atoms with Crippen LogP contribution in [0, 0.1) is 0 Å². The highest BCUT2D eigenvalue weighted by atomic mass is 35.5. The molecule has 2 rings (SSSR count). The number of carbonyl (C=O) groups is 2. The average molecular weight is 350 g/mol. The molecule has 0 saturated carbocycles. The number of amides is 1. The largest absolute Gasteiger partial charge is 0.508 e. The van der Waals surface area contributed by atoms with Crippen molar-refractivity contribution >= 4 is 23.3 Å². The third kappa shape index (κ3) is 3.56. The topological polar surface area (TPSA) is 98.1 Å². The molecule has 1 atom stereocenters. The fraction of sp³-hybridized carbons (Fsp3) is 0.176. The normalized spacial score (nSPS) is 13.2. The molecule has 0 bridgehead atoms. The number of phenols is 1. The van der Waals surface area contributed by atoms with E-state index >= 15 is 0 Å². The smallest absolute Gasteiger partial charge is 0.313 e. The van der Waals surface area contributed by atoms with Gasteiger partial charge in [0.05, 0.1) is 6.42 Å². The second-order valence-electron chi connectivity index (χ2n) is 5.32. The molecule has 2 aromatic carbocycles. The predicted octanol–water partition coefficient (Wildman–Crippen LogP) is 2.09. The van der Waals surface area contributed by atoms with E-state index < -0.39 is 23.7 Å². The van der Waals surface area contributed by atoms with Gasteiger partial charge in [-0.3, -0.25) is 14.8 Å². The van der Waals surface area contributed by atoms with Gasteiger partial charge < -0.3 is 10.2 Å². The lowest BCUT2D eigenvalue weighted by atomic mass is 9.81. The summed E-state index contributed by atoms with van der Waals surface area (Å²) in [7, 11) is 1.01. The second kappa shape index (κ2) is 7.00. The Balaban J connectivity index is 2.56. The molecule has 1 unspecified atom stereocenters. The summed E-state index contributed by atoms with van der Waals surface area (Å²) in [6.07, 6.45) is -0.672. The summed E-state index contributed by atoms with van der Waals surface area (Å²) in [5.41, 5.74) is -1.70. The molecule has 7 heteroatoms. The van der Waals surface area contributed by atoms with Gasteiger partial charge in [0.25, 0.3) is 0 Å². The minimum atomic E-state index is -1.99. The van der Waals surface area contributed by atoms with Crippen molar-refractivity contribution in [3.8, 4) is 5.75 Å². The number of para-hydroxylation sites is 1. The first-order chi connectivity index (χ1) is 11.3. The van der Waals surface area contributed by atoms with Crippen LogP contribution in [0.25, 0.3) is 0 Å². The molecule has 0 spiro atoms. The van der Waals surface area contributed by atoms with E-state index in [0.717, 1.165) is 7.05 Å². The zero-order chi connectivity index (χ0) is 17.9. The van der Waals surface area contributed by atoms with Crippen LogP contribution in [0.1, 0.15) is 17.5 Å². The maximum Gasteiger partial charge on any atom is 0.313 e. The Hall–Kier alpha value is -2.41. The molecule has 6 nitrogen and oxygen atoms in total. The highest BCUT2D eigenvalue weighted by molar-refractivity contribution is 6.36. The summed E-state index contributed by atoms with van der Waals surface area (Å²) in [4.78, 5) is 23.8. The molecular weight excluding hydrogens is 334 g/mol. The molecule has 0 saturated heterocycles. The van der Waals surface area contributed by atoms with Gasteiger partial charge in [0.15, 0.2) is 0 Å². The van der Waals surface area contributed by atoms with Crippen molar-refractivity contribution in [3.63, 3.8) is 0 Å². The number of carbonyl (C=O) groups excluding carboxylic acids is 2. The third-order valence-corrected chi connectivity index (χ3v) is 3.84. The van der Waals surface area contributed by atoms with E-state index in [9.17, 15) is 19.8 Å². The number of aliphatic hydroxyl groups is 1. The summed E-state index contributed by atoms with van der Waals surface area (Å²) >= 11 is 5.95. The van der Waals surface area contributed by atoms with Gasteiger partial charge in [-0.15, -0.1) is 0 Å². The van der Waals surface area contributed by atoms with Gasteiger partial charge in [-0.05, 0) is 23.8 Å². The molecule has 0 aliphatic carbocycles.